The molecular weight excluding hydrogens is 292 g/mol. The van der Waals surface area contributed by atoms with Gasteiger partial charge in [0, 0.05) is 19.7 Å². The summed E-state index contributed by atoms with van der Waals surface area (Å²) in [6, 6.07) is -0.366. The number of thioether (sulfide) groups is 1. The number of nitrogens with zero attached hydrogens (tertiary/aromatic N) is 2. The van der Waals surface area contributed by atoms with Gasteiger partial charge in [0.2, 0.25) is 0 Å². The Labute approximate surface area is 129 Å². The molecular formula is C14H24N2O4S. The van der Waals surface area contributed by atoms with E-state index in [1.54, 1.807) is 11.8 Å². The maximum Gasteiger partial charge on any atom is 0.162 e. The molecule has 0 aromatic carbocycles. The average molecular weight is 316 g/mol. The highest BCUT2D eigenvalue weighted by Gasteiger charge is 2.48. The number of fused-ring (bicyclic) bond motifs is 1. The van der Waals surface area contributed by atoms with Crippen molar-refractivity contribution in [3.05, 3.63) is 0 Å². The lowest BCUT2D eigenvalue weighted by Gasteiger charge is -2.38. The van der Waals surface area contributed by atoms with Gasteiger partial charge in [0.15, 0.2) is 5.17 Å². The van der Waals surface area contributed by atoms with Gasteiger partial charge in [-0.3, -0.25) is 4.99 Å². The van der Waals surface area contributed by atoms with Gasteiger partial charge in [-0.1, -0.05) is 11.8 Å². The van der Waals surface area contributed by atoms with Crippen LogP contribution in [0.25, 0.3) is 0 Å². The normalized spacial score (nSPS) is 39.5. The summed E-state index contributed by atoms with van der Waals surface area (Å²) in [5.41, 5.74) is -0.196. The predicted octanol–water partition coefficient (Wildman–Crippen LogP) is 0.163. The highest BCUT2D eigenvalue weighted by atomic mass is 32.2. The van der Waals surface area contributed by atoms with Gasteiger partial charge in [-0.2, -0.15) is 0 Å². The SMILES string of the molecule is OCCCC[C@H]1O[C@@H]2SC(N3CCCC3)=N[C@@H]2[C@@H](O)[C@@H]1O. The monoisotopic (exact) mass is 316 g/mol. The number of rotatable bonds is 4. The summed E-state index contributed by atoms with van der Waals surface area (Å²) in [5, 5.41) is 30.3. The minimum atomic E-state index is -0.896. The van der Waals surface area contributed by atoms with E-state index in [9.17, 15) is 10.2 Å². The van der Waals surface area contributed by atoms with Gasteiger partial charge in [-0.05, 0) is 32.1 Å². The number of amidine groups is 1. The second-order valence-electron chi connectivity index (χ2n) is 5.96. The van der Waals surface area contributed by atoms with Crippen LogP contribution in [0.5, 0.6) is 0 Å². The van der Waals surface area contributed by atoms with E-state index >= 15 is 0 Å². The molecule has 0 amide bonds. The maximum atomic E-state index is 10.3. The van der Waals surface area contributed by atoms with Gasteiger partial charge >= 0.3 is 0 Å². The highest BCUT2D eigenvalue weighted by molar-refractivity contribution is 8.14. The number of aliphatic imine (C=N–C) groups is 1. The molecule has 0 saturated carbocycles. The van der Waals surface area contributed by atoms with Crippen molar-refractivity contribution in [3.63, 3.8) is 0 Å². The molecule has 0 bridgehead atoms. The van der Waals surface area contributed by atoms with Crippen LogP contribution in [0, 0.1) is 0 Å². The van der Waals surface area contributed by atoms with E-state index in [0.29, 0.717) is 12.8 Å². The lowest BCUT2D eigenvalue weighted by atomic mass is 9.95. The molecule has 3 N–H and O–H groups in total. The first-order valence-corrected chi connectivity index (χ1v) is 8.70. The van der Waals surface area contributed by atoms with Crippen molar-refractivity contribution in [2.75, 3.05) is 19.7 Å². The van der Waals surface area contributed by atoms with Crippen LogP contribution < -0.4 is 0 Å². The summed E-state index contributed by atoms with van der Waals surface area (Å²) in [5.74, 6) is 0. The molecule has 6 nitrogen and oxygen atoms in total. The van der Waals surface area contributed by atoms with Crippen molar-refractivity contribution < 1.29 is 20.1 Å². The molecule has 2 fully saturated rings. The van der Waals surface area contributed by atoms with Crippen molar-refractivity contribution in [1.82, 2.24) is 4.90 Å². The first-order chi connectivity index (χ1) is 10.2. The number of unbranched alkanes of at least 4 members (excludes halogenated alkanes) is 1. The summed E-state index contributed by atoms with van der Waals surface area (Å²) in [4.78, 5) is 6.83. The topological polar surface area (TPSA) is 85.5 Å². The first-order valence-electron chi connectivity index (χ1n) is 7.82. The van der Waals surface area contributed by atoms with Crippen LogP contribution in [0.2, 0.25) is 0 Å². The van der Waals surface area contributed by atoms with Crippen LogP contribution >= 0.6 is 11.8 Å². The van der Waals surface area contributed by atoms with E-state index in [-0.39, 0.29) is 24.2 Å². The van der Waals surface area contributed by atoms with Crippen molar-refractivity contribution in [2.24, 2.45) is 4.99 Å². The van der Waals surface area contributed by atoms with E-state index in [2.05, 4.69) is 9.89 Å². The molecule has 3 heterocycles. The van der Waals surface area contributed by atoms with E-state index in [1.165, 1.54) is 12.8 Å². The Hall–Kier alpha value is -0.340. The van der Waals surface area contributed by atoms with Crippen molar-refractivity contribution in [2.45, 2.75) is 61.9 Å². The molecule has 3 aliphatic heterocycles. The Balaban J connectivity index is 1.62. The zero-order chi connectivity index (χ0) is 14.8. The second-order valence-corrected chi connectivity index (χ2v) is 7.02. The summed E-state index contributed by atoms with van der Waals surface area (Å²) in [7, 11) is 0. The van der Waals surface area contributed by atoms with Crippen molar-refractivity contribution in [1.29, 1.82) is 0 Å². The quantitative estimate of drug-likeness (QED) is 0.641. The third-order valence-electron chi connectivity index (χ3n) is 4.42. The molecule has 0 aliphatic carbocycles. The first kappa shape index (κ1) is 15.6. The number of aliphatic hydroxyl groups excluding tert-OH is 3. The second kappa shape index (κ2) is 6.83. The van der Waals surface area contributed by atoms with E-state index in [0.717, 1.165) is 24.7 Å². The number of hydrogen-bond donors (Lipinski definition) is 3. The molecule has 7 heteroatoms. The molecule has 2 saturated heterocycles. The van der Waals surface area contributed by atoms with Gasteiger partial charge in [0.25, 0.3) is 0 Å². The van der Waals surface area contributed by atoms with Gasteiger partial charge in [0.05, 0.1) is 6.10 Å². The summed E-state index contributed by atoms with van der Waals surface area (Å²) < 4.78 is 5.96. The fourth-order valence-corrected chi connectivity index (χ4v) is 4.46. The molecule has 3 rings (SSSR count). The molecule has 3 aliphatic rings. The third kappa shape index (κ3) is 3.22. The molecule has 0 spiro atoms. The Morgan fingerprint density at radius 1 is 1.19 bits per heavy atom. The van der Waals surface area contributed by atoms with Gasteiger partial charge < -0.3 is 25.0 Å². The highest BCUT2D eigenvalue weighted by Crippen LogP contribution is 2.39. The number of hydrogen-bond acceptors (Lipinski definition) is 7. The van der Waals surface area contributed by atoms with Crippen LogP contribution in [0.4, 0.5) is 0 Å². The molecule has 21 heavy (non-hydrogen) atoms. The Morgan fingerprint density at radius 3 is 2.67 bits per heavy atom. The zero-order valence-electron chi connectivity index (χ0n) is 12.1. The minimum absolute atomic E-state index is 0.147. The number of likely N-dealkylation sites (tertiary alicyclic amines) is 1. The predicted molar refractivity (Wildman–Crippen MR) is 81.2 cm³/mol. The molecule has 120 valence electrons. The molecule has 0 aromatic heterocycles. The van der Waals surface area contributed by atoms with Crippen LogP contribution in [0.1, 0.15) is 32.1 Å². The average Bonchev–Trinajstić information content (AvgIpc) is 3.13. The van der Waals surface area contributed by atoms with Crippen LogP contribution in [0.15, 0.2) is 4.99 Å². The van der Waals surface area contributed by atoms with Crippen molar-refractivity contribution in [3.8, 4) is 0 Å². The van der Waals surface area contributed by atoms with Gasteiger partial charge in [-0.25, -0.2) is 0 Å². The summed E-state index contributed by atoms with van der Waals surface area (Å²) >= 11 is 1.57. The van der Waals surface area contributed by atoms with Gasteiger partial charge in [0.1, 0.15) is 23.7 Å². The lowest BCUT2D eigenvalue weighted by molar-refractivity contribution is -0.155. The van der Waals surface area contributed by atoms with Crippen LogP contribution in [0.3, 0.4) is 0 Å². The minimum Gasteiger partial charge on any atom is -0.396 e. The third-order valence-corrected chi connectivity index (χ3v) is 5.62. The zero-order valence-corrected chi connectivity index (χ0v) is 12.9. The van der Waals surface area contributed by atoms with E-state index in [1.807, 2.05) is 0 Å². The standard InChI is InChI=1S/C14H24N2O4S/c17-8-4-1-5-9-11(18)12(19)10-13(20-9)21-14(15-10)16-6-2-3-7-16/h9-13,17-19H,1-8H2/t9-,10-,11-,12-,13-/m1/s1. The largest absolute Gasteiger partial charge is 0.396 e. The summed E-state index contributed by atoms with van der Waals surface area (Å²) in [6.45, 7) is 2.18. The van der Waals surface area contributed by atoms with Crippen LogP contribution in [-0.4, -0.2) is 74.9 Å². The molecule has 0 radical (unpaired) electrons. The molecule has 0 unspecified atom stereocenters. The fourth-order valence-electron chi connectivity index (χ4n) is 3.17. The van der Waals surface area contributed by atoms with E-state index in [4.69, 9.17) is 9.84 Å². The van der Waals surface area contributed by atoms with Gasteiger partial charge in [-0.15, -0.1) is 0 Å². The summed E-state index contributed by atoms with van der Waals surface area (Å²) in [6.07, 6.45) is 2.37. The number of ether oxygens (including phenoxy) is 1. The lowest BCUT2D eigenvalue weighted by Crippen LogP contribution is -2.54. The van der Waals surface area contributed by atoms with Crippen LogP contribution in [-0.2, 0) is 4.74 Å². The Morgan fingerprint density at radius 2 is 1.95 bits per heavy atom. The molecule has 0 aromatic rings. The Bertz CT molecular complexity index is 389. The fraction of sp³-hybridized carbons (Fsp3) is 0.929. The smallest absolute Gasteiger partial charge is 0.162 e. The maximum absolute atomic E-state index is 10.3. The Kier molecular flexibility index (Phi) is 5.06. The van der Waals surface area contributed by atoms with E-state index < -0.39 is 12.2 Å². The molecule has 5 atom stereocenters. The number of aliphatic hydroxyl groups is 3. The van der Waals surface area contributed by atoms with Crippen molar-refractivity contribution >= 4 is 16.9 Å².